The molecule has 29 heavy (non-hydrogen) atoms. The number of rotatable bonds is 5. The van der Waals surface area contributed by atoms with Crippen LogP contribution in [0.2, 0.25) is 0 Å². The minimum Gasteiger partial charge on any atom is -0.372 e. The molecule has 0 saturated carbocycles. The summed E-state index contributed by atoms with van der Waals surface area (Å²) in [7, 11) is 0. The van der Waals surface area contributed by atoms with Crippen molar-refractivity contribution in [3.8, 4) is 0 Å². The van der Waals surface area contributed by atoms with Crippen LogP contribution in [0.4, 0.5) is 5.69 Å². The lowest BCUT2D eigenvalue weighted by molar-refractivity contribution is -0.117. The molecule has 1 aromatic carbocycles. The zero-order chi connectivity index (χ0) is 20.1. The lowest BCUT2D eigenvalue weighted by atomic mass is 9.84. The van der Waals surface area contributed by atoms with Crippen LogP contribution < -0.4 is 10.6 Å². The second kappa shape index (κ2) is 11.0. The average molecular weight is 424 g/mol. The molecule has 0 radical (unpaired) electrons. The highest BCUT2D eigenvalue weighted by atomic mass is 35.5. The Balaban J connectivity index is 0.00000300. The van der Waals surface area contributed by atoms with Gasteiger partial charge in [-0.2, -0.15) is 0 Å². The van der Waals surface area contributed by atoms with Crippen LogP contribution in [0.3, 0.4) is 0 Å². The first-order valence-corrected chi connectivity index (χ1v) is 10.5. The fourth-order valence-corrected chi connectivity index (χ4v) is 4.31. The molecule has 0 aliphatic carbocycles. The summed E-state index contributed by atoms with van der Waals surface area (Å²) in [6.07, 6.45) is 2.92. The summed E-state index contributed by atoms with van der Waals surface area (Å²) < 4.78 is 5.70. The molecule has 2 amide bonds. The number of nitrogens with zero attached hydrogens (tertiary/aromatic N) is 1. The topological polar surface area (TPSA) is 70.7 Å². The second-order valence-electron chi connectivity index (χ2n) is 8.36. The number of anilines is 1. The highest BCUT2D eigenvalue weighted by molar-refractivity contribution is 5.96. The van der Waals surface area contributed by atoms with Gasteiger partial charge in [0.25, 0.3) is 5.91 Å². The number of halogens is 1. The van der Waals surface area contributed by atoms with Crippen molar-refractivity contribution < 1.29 is 14.3 Å². The molecule has 2 aliphatic rings. The van der Waals surface area contributed by atoms with E-state index in [1.54, 1.807) is 12.1 Å². The molecule has 0 bridgehead atoms. The van der Waals surface area contributed by atoms with Gasteiger partial charge in [0.15, 0.2) is 0 Å². The van der Waals surface area contributed by atoms with Crippen LogP contribution in [0.1, 0.15) is 50.4 Å². The van der Waals surface area contributed by atoms with E-state index < -0.39 is 0 Å². The fourth-order valence-electron chi connectivity index (χ4n) is 4.31. The normalized spacial score (nSPS) is 23.8. The SMILES string of the molecule is CC1CN(C(=O)c2ccc(NC(=O)CC(C)C3CCNCC3)cc2)CC(C)O1.Cl. The molecule has 1 aromatic rings. The van der Waals surface area contributed by atoms with E-state index in [2.05, 4.69) is 17.6 Å². The summed E-state index contributed by atoms with van der Waals surface area (Å²) in [5.74, 6) is 1.05. The highest BCUT2D eigenvalue weighted by Crippen LogP contribution is 2.25. The zero-order valence-corrected chi connectivity index (χ0v) is 18.5. The molecular weight excluding hydrogens is 390 g/mol. The number of piperidine rings is 1. The lowest BCUT2D eigenvalue weighted by Gasteiger charge is -2.35. The van der Waals surface area contributed by atoms with E-state index in [0.717, 1.165) is 31.6 Å². The average Bonchev–Trinajstić information content (AvgIpc) is 2.68. The van der Waals surface area contributed by atoms with Crippen LogP contribution in [-0.2, 0) is 9.53 Å². The van der Waals surface area contributed by atoms with Crippen LogP contribution in [0.5, 0.6) is 0 Å². The number of ether oxygens (including phenoxy) is 1. The number of morpholine rings is 1. The molecule has 2 saturated heterocycles. The van der Waals surface area contributed by atoms with Crippen molar-refractivity contribution in [1.29, 1.82) is 0 Å². The Morgan fingerprint density at radius 1 is 1.14 bits per heavy atom. The Labute approximate surface area is 180 Å². The van der Waals surface area contributed by atoms with E-state index in [4.69, 9.17) is 4.74 Å². The van der Waals surface area contributed by atoms with Gasteiger partial charge in [0.1, 0.15) is 0 Å². The van der Waals surface area contributed by atoms with Crippen molar-refractivity contribution in [2.45, 2.75) is 52.2 Å². The first-order chi connectivity index (χ1) is 13.4. The summed E-state index contributed by atoms with van der Waals surface area (Å²) in [6, 6.07) is 7.21. The molecule has 2 heterocycles. The smallest absolute Gasteiger partial charge is 0.254 e. The maximum Gasteiger partial charge on any atom is 0.254 e. The molecule has 162 valence electrons. The lowest BCUT2D eigenvalue weighted by Crippen LogP contribution is -2.48. The summed E-state index contributed by atoms with van der Waals surface area (Å²) >= 11 is 0. The molecule has 7 heteroatoms. The van der Waals surface area contributed by atoms with Crippen LogP contribution in [0.25, 0.3) is 0 Å². The van der Waals surface area contributed by atoms with Gasteiger partial charge in [-0.05, 0) is 75.9 Å². The maximum absolute atomic E-state index is 12.7. The van der Waals surface area contributed by atoms with E-state index in [1.807, 2.05) is 30.9 Å². The quantitative estimate of drug-likeness (QED) is 0.762. The van der Waals surface area contributed by atoms with Crippen molar-refractivity contribution in [1.82, 2.24) is 10.2 Å². The molecule has 6 nitrogen and oxygen atoms in total. The van der Waals surface area contributed by atoms with Crippen molar-refractivity contribution in [2.75, 3.05) is 31.5 Å². The number of nitrogens with one attached hydrogen (secondary N) is 2. The van der Waals surface area contributed by atoms with Gasteiger partial charge >= 0.3 is 0 Å². The molecule has 3 unspecified atom stereocenters. The van der Waals surface area contributed by atoms with Crippen molar-refractivity contribution in [3.05, 3.63) is 29.8 Å². The van der Waals surface area contributed by atoms with Gasteiger partial charge in [-0.3, -0.25) is 9.59 Å². The van der Waals surface area contributed by atoms with E-state index in [1.165, 1.54) is 0 Å². The Morgan fingerprint density at radius 2 is 1.72 bits per heavy atom. The first-order valence-electron chi connectivity index (χ1n) is 10.5. The van der Waals surface area contributed by atoms with Crippen molar-refractivity contribution in [2.24, 2.45) is 11.8 Å². The third-order valence-corrected chi connectivity index (χ3v) is 5.82. The predicted molar refractivity (Wildman–Crippen MR) is 118 cm³/mol. The van der Waals surface area contributed by atoms with Gasteiger partial charge < -0.3 is 20.3 Å². The van der Waals surface area contributed by atoms with E-state index in [9.17, 15) is 9.59 Å². The maximum atomic E-state index is 12.7. The molecule has 2 aliphatic heterocycles. The Morgan fingerprint density at radius 3 is 2.31 bits per heavy atom. The van der Waals surface area contributed by atoms with Crippen LogP contribution in [0.15, 0.2) is 24.3 Å². The first kappa shape index (κ1) is 23.6. The van der Waals surface area contributed by atoms with Crippen LogP contribution in [-0.4, -0.2) is 55.1 Å². The van der Waals surface area contributed by atoms with Gasteiger partial charge in [0, 0.05) is 30.8 Å². The minimum atomic E-state index is 0. The summed E-state index contributed by atoms with van der Waals surface area (Å²) in [5.41, 5.74) is 1.38. The molecular formula is C22H34ClN3O3. The summed E-state index contributed by atoms with van der Waals surface area (Å²) in [4.78, 5) is 27.0. The zero-order valence-electron chi connectivity index (χ0n) is 17.6. The Bertz CT molecular complexity index is 666. The highest BCUT2D eigenvalue weighted by Gasteiger charge is 2.26. The fraction of sp³-hybridized carbons (Fsp3) is 0.636. The molecule has 3 rings (SSSR count). The molecule has 3 atom stereocenters. The largest absolute Gasteiger partial charge is 0.372 e. The molecule has 2 N–H and O–H groups in total. The number of carbonyl (C=O) groups is 2. The number of carbonyl (C=O) groups excluding carboxylic acids is 2. The van der Waals surface area contributed by atoms with Gasteiger partial charge in [-0.25, -0.2) is 0 Å². The monoisotopic (exact) mass is 423 g/mol. The second-order valence-corrected chi connectivity index (χ2v) is 8.36. The number of hydrogen-bond acceptors (Lipinski definition) is 4. The van der Waals surface area contributed by atoms with Crippen LogP contribution in [0, 0.1) is 11.8 Å². The Hall–Kier alpha value is -1.63. The molecule has 0 aromatic heterocycles. The number of hydrogen-bond donors (Lipinski definition) is 2. The van der Waals surface area contributed by atoms with E-state index in [-0.39, 0.29) is 36.4 Å². The van der Waals surface area contributed by atoms with Gasteiger partial charge in [0.2, 0.25) is 5.91 Å². The van der Waals surface area contributed by atoms with Crippen molar-refractivity contribution in [3.63, 3.8) is 0 Å². The van der Waals surface area contributed by atoms with E-state index in [0.29, 0.717) is 36.9 Å². The van der Waals surface area contributed by atoms with Crippen molar-refractivity contribution >= 4 is 29.9 Å². The van der Waals surface area contributed by atoms with Crippen LogP contribution >= 0.6 is 12.4 Å². The van der Waals surface area contributed by atoms with Gasteiger partial charge in [-0.1, -0.05) is 6.92 Å². The predicted octanol–water partition coefficient (Wildman–Crippen LogP) is 3.32. The number of amides is 2. The minimum absolute atomic E-state index is 0. The summed E-state index contributed by atoms with van der Waals surface area (Å²) in [6.45, 7) is 9.45. The molecule has 2 fully saturated rings. The third kappa shape index (κ3) is 6.69. The number of benzene rings is 1. The van der Waals surface area contributed by atoms with Gasteiger partial charge in [0.05, 0.1) is 12.2 Å². The van der Waals surface area contributed by atoms with Gasteiger partial charge in [-0.15, -0.1) is 12.4 Å². The third-order valence-electron chi connectivity index (χ3n) is 5.82. The molecule has 0 spiro atoms. The standard InChI is InChI=1S/C22H33N3O3.ClH/c1-15(18-8-10-23-11-9-18)12-21(26)24-20-6-4-19(5-7-20)22(27)25-13-16(2)28-17(3)14-25;/h4-7,15-18,23H,8-14H2,1-3H3,(H,24,26);1H. The van der Waals surface area contributed by atoms with E-state index >= 15 is 0 Å². The summed E-state index contributed by atoms with van der Waals surface area (Å²) in [5, 5.41) is 6.34. The Kier molecular flexibility index (Phi) is 8.93.